The molecule has 13 heavy (non-hydrogen) atoms. The third-order valence-corrected chi connectivity index (χ3v) is 3.20. The molecule has 2 atom stereocenters. The zero-order valence-corrected chi connectivity index (χ0v) is 9.40. The molecule has 0 radical (unpaired) electrons. The Kier molecular flexibility index (Phi) is 4.39. The van der Waals surface area contributed by atoms with E-state index in [2.05, 4.69) is 24.1 Å². The maximum Gasteiger partial charge on any atom is 0.110 e. The Balaban J connectivity index is 2.62. The molecule has 0 saturated carbocycles. The highest BCUT2D eigenvalue weighted by Gasteiger charge is 2.18. The molecule has 1 N–H and O–H groups in total. The summed E-state index contributed by atoms with van der Waals surface area (Å²) < 4.78 is 0. The van der Waals surface area contributed by atoms with E-state index in [0.717, 1.165) is 0 Å². The lowest BCUT2D eigenvalue weighted by atomic mass is 9.97. The monoisotopic (exact) mass is 198 g/mol. The summed E-state index contributed by atoms with van der Waals surface area (Å²) in [6.07, 6.45) is 4.37. The van der Waals surface area contributed by atoms with Crippen molar-refractivity contribution in [2.75, 3.05) is 7.05 Å². The van der Waals surface area contributed by atoms with Gasteiger partial charge in [-0.15, -0.1) is 11.3 Å². The normalized spacial score (nSPS) is 15.6. The van der Waals surface area contributed by atoms with E-state index in [9.17, 15) is 0 Å². The van der Waals surface area contributed by atoms with Crippen molar-refractivity contribution in [3.63, 3.8) is 0 Å². The molecule has 0 fully saturated rings. The topological polar surface area (TPSA) is 24.9 Å². The van der Waals surface area contributed by atoms with Crippen molar-refractivity contribution in [3.8, 4) is 0 Å². The molecule has 1 rings (SSSR count). The fourth-order valence-electron chi connectivity index (χ4n) is 1.66. The molecular formula is C10H18N2S. The number of hydrogen-bond donors (Lipinski definition) is 1. The summed E-state index contributed by atoms with van der Waals surface area (Å²) in [5.74, 6) is 0.668. The Morgan fingerprint density at radius 1 is 1.62 bits per heavy atom. The van der Waals surface area contributed by atoms with Crippen LogP contribution >= 0.6 is 11.3 Å². The number of nitrogens with one attached hydrogen (secondary N) is 1. The zero-order chi connectivity index (χ0) is 9.68. The molecular weight excluding hydrogens is 180 g/mol. The van der Waals surface area contributed by atoms with Gasteiger partial charge in [-0.25, -0.2) is 4.98 Å². The summed E-state index contributed by atoms with van der Waals surface area (Å²) >= 11 is 1.74. The average molecular weight is 198 g/mol. The molecule has 2 unspecified atom stereocenters. The second-order valence-electron chi connectivity index (χ2n) is 3.40. The average Bonchev–Trinajstić information content (AvgIpc) is 2.59. The first-order valence-electron chi connectivity index (χ1n) is 4.86. The standard InChI is InChI=1S/C10H18N2S/c1-4-5-8(2)9(11-3)10-12-6-7-13-10/h6-9,11H,4-5H2,1-3H3. The van der Waals surface area contributed by atoms with Crippen molar-refractivity contribution in [2.45, 2.75) is 32.7 Å². The van der Waals surface area contributed by atoms with Crippen LogP contribution in [0.5, 0.6) is 0 Å². The van der Waals surface area contributed by atoms with Gasteiger partial charge in [-0.05, 0) is 19.4 Å². The van der Waals surface area contributed by atoms with Gasteiger partial charge in [-0.1, -0.05) is 20.3 Å². The predicted molar refractivity (Wildman–Crippen MR) is 58.0 cm³/mol. The van der Waals surface area contributed by atoms with Crippen LogP contribution in [0, 0.1) is 5.92 Å². The minimum atomic E-state index is 0.431. The zero-order valence-electron chi connectivity index (χ0n) is 8.58. The van der Waals surface area contributed by atoms with Crippen molar-refractivity contribution in [1.29, 1.82) is 0 Å². The highest BCUT2D eigenvalue weighted by molar-refractivity contribution is 7.09. The van der Waals surface area contributed by atoms with E-state index in [1.54, 1.807) is 11.3 Å². The summed E-state index contributed by atoms with van der Waals surface area (Å²) in [6.45, 7) is 4.51. The molecule has 1 heterocycles. The largest absolute Gasteiger partial charge is 0.311 e. The van der Waals surface area contributed by atoms with Crippen LogP contribution in [0.25, 0.3) is 0 Å². The van der Waals surface area contributed by atoms with Gasteiger partial charge in [0.2, 0.25) is 0 Å². The SMILES string of the molecule is CCCC(C)C(NC)c1nccs1. The molecule has 74 valence electrons. The molecule has 0 bridgehead atoms. The Bertz CT molecular complexity index is 221. The molecule has 3 heteroatoms. The third kappa shape index (κ3) is 2.78. The minimum absolute atomic E-state index is 0.431. The van der Waals surface area contributed by atoms with Gasteiger partial charge in [-0.2, -0.15) is 0 Å². The maximum atomic E-state index is 4.35. The van der Waals surface area contributed by atoms with Crippen molar-refractivity contribution in [2.24, 2.45) is 5.92 Å². The first-order valence-corrected chi connectivity index (χ1v) is 5.74. The van der Waals surface area contributed by atoms with Crippen LogP contribution in [-0.4, -0.2) is 12.0 Å². The fourth-order valence-corrected chi connectivity index (χ4v) is 2.54. The Hall–Kier alpha value is -0.410. The molecule has 2 nitrogen and oxygen atoms in total. The van der Waals surface area contributed by atoms with Gasteiger partial charge in [0.1, 0.15) is 5.01 Å². The van der Waals surface area contributed by atoms with Crippen LogP contribution in [0.1, 0.15) is 37.7 Å². The third-order valence-electron chi connectivity index (χ3n) is 2.34. The van der Waals surface area contributed by atoms with Crippen LogP contribution in [0.15, 0.2) is 11.6 Å². The van der Waals surface area contributed by atoms with Crippen molar-refractivity contribution in [3.05, 3.63) is 16.6 Å². The smallest absolute Gasteiger partial charge is 0.110 e. The molecule has 0 saturated heterocycles. The first kappa shape index (κ1) is 10.7. The van der Waals surface area contributed by atoms with E-state index in [-0.39, 0.29) is 0 Å². The highest BCUT2D eigenvalue weighted by Crippen LogP contribution is 2.26. The molecule has 0 aromatic carbocycles. The van der Waals surface area contributed by atoms with Crippen LogP contribution in [-0.2, 0) is 0 Å². The number of thiazole rings is 1. The Labute approximate surface area is 84.4 Å². The summed E-state index contributed by atoms with van der Waals surface area (Å²) in [5.41, 5.74) is 0. The molecule has 0 aliphatic rings. The van der Waals surface area contributed by atoms with E-state index in [1.165, 1.54) is 17.8 Å². The quantitative estimate of drug-likeness (QED) is 0.787. The van der Waals surface area contributed by atoms with Gasteiger partial charge in [0.05, 0.1) is 6.04 Å². The maximum absolute atomic E-state index is 4.35. The van der Waals surface area contributed by atoms with Crippen LogP contribution in [0.2, 0.25) is 0 Å². The summed E-state index contributed by atoms with van der Waals surface area (Å²) in [5, 5.41) is 6.59. The van der Waals surface area contributed by atoms with Gasteiger partial charge >= 0.3 is 0 Å². The first-order chi connectivity index (χ1) is 6.29. The van der Waals surface area contributed by atoms with E-state index in [4.69, 9.17) is 0 Å². The van der Waals surface area contributed by atoms with Gasteiger partial charge < -0.3 is 5.32 Å². The minimum Gasteiger partial charge on any atom is -0.311 e. The second kappa shape index (κ2) is 5.35. The molecule has 0 spiro atoms. The Morgan fingerprint density at radius 2 is 2.38 bits per heavy atom. The molecule has 0 aliphatic carbocycles. The summed E-state index contributed by atoms with van der Waals surface area (Å²) in [6, 6.07) is 0.431. The lowest BCUT2D eigenvalue weighted by molar-refractivity contribution is 0.383. The predicted octanol–water partition coefficient (Wildman–Crippen LogP) is 2.84. The molecule has 0 aliphatic heterocycles. The van der Waals surface area contributed by atoms with Crippen molar-refractivity contribution in [1.82, 2.24) is 10.3 Å². The Morgan fingerprint density at radius 3 is 2.85 bits per heavy atom. The molecule has 0 amide bonds. The van der Waals surface area contributed by atoms with E-state index >= 15 is 0 Å². The van der Waals surface area contributed by atoms with E-state index < -0.39 is 0 Å². The van der Waals surface area contributed by atoms with Crippen LogP contribution in [0.3, 0.4) is 0 Å². The van der Waals surface area contributed by atoms with E-state index in [0.29, 0.717) is 12.0 Å². The number of aromatic nitrogens is 1. The summed E-state index contributed by atoms with van der Waals surface area (Å²) in [4.78, 5) is 4.35. The van der Waals surface area contributed by atoms with Gasteiger partial charge in [-0.3, -0.25) is 0 Å². The molecule has 1 aromatic rings. The van der Waals surface area contributed by atoms with Crippen molar-refractivity contribution < 1.29 is 0 Å². The number of nitrogens with zero attached hydrogens (tertiary/aromatic N) is 1. The number of rotatable bonds is 5. The van der Waals surface area contributed by atoms with Crippen LogP contribution in [0.4, 0.5) is 0 Å². The fraction of sp³-hybridized carbons (Fsp3) is 0.700. The molecule has 1 aromatic heterocycles. The summed E-state index contributed by atoms with van der Waals surface area (Å²) in [7, 11) is 2.01. The number of hydrogen-bond acceptors (Lipinski definition) is 3. The van der Waals surface area contributed by atoms with Gasteiger partial charge in [0, 0.05) is 11.6 Å². The van der Waals surface area contributed by atoms with Gasteiger partial charge in [0.25, 0.3) is 0 Å². The van der Waals surface area contributed by atoms with Crippen molar-refractivity contribution >= 4 is 11.3 Å². The second-order valence-corrected chi connectivity index (χ2v) is 4.33. The lowest BCUT2D eigenvalue weighted by Gasteiger charge is -2.20. The highest BCUT2D eigenvalue weighted by atomic mass is 32.1. The van der Waals surface area contributed by atoms with Crippen LogP contribution < -0.4 is 5.32 Å². The van der Waals surface area contributed by atoms with E-state index in [1.807, 2.05) is 18.6 Å². The lowest BCUT2D eigenvalue weighted by Crippen LogP contribution is -2.23. The van der Waals surface area contributed by atoms with Gasteiger partial charge in [0.15, 0.2) is 0 Å².